The Bertz CT molecular complexity index is 387. The van der Waals surface area contributed by atoms with Crippen LogP contribution in [0.1, 0.15) is 24.5 Å². The second-order valence-corrected chi connectivity index (χ2v) is 3.58. The van der Waals surface area contributed by atoms with E-state index in [4.69, 9.17) is 5.26 Å². The van der Waals surface area contributed by atoms with Crippen LogP contribution in [0.3, 0.4) is 0 Å². The van der Waals surface area contributed by atoms with Crippen LogP contribution in [0.5, 0.6) is 0 Å². The first-order valence-electron chi connectivity index (χ1n) is 5.25. The summed E-state index contributed by atoms with van der Waals surface area (Å²) < 4.78 is 13.6. The van der Waals surface area contributed by atoms with Crippen LogP contribution >= 0.6 is 0 Å². The van der Waals surface area contributed by atoms with Crippen molar-refractivity contribution in [3.63, 3.8) is 0 Å². The molecule has 3 nitrogen and oxygen atoms in total. The first-order valence-corrected chi connectivity index (χ1v) is 5.25. The third-order valence-corrected chi connectivity index (χ3v) is 2.37. The van der Waals surface area contributed by atoms with Gasteiger partial charge in [0.05, 0.1) is 11.7 Å². The standard InChI is InChI=1S/C12H15FN2O/c1-2-11(16)8-15-7-10-5-3-4-9(6-14)12(10)13/h3-5,11,15-16H,2,7-8H2,1H3. The monoisotopic (exact) mass is 222 g/mol. The molecule has 0 fully saturated rings. The molecule has 1 rings (SSSR count). The van der Waals surface area contributed by atoms with E-state index in [2.05, 4.69) is 5.32 Å². The summed E-state index contributed by atoms with van der Waals surface area (Å²) in [7, 11) is 0. The minimum atomic E-state index is -0.483. The number of nitriles is 1. The number of benzene rings is 1. The predicted octanol–water partition coefficient (Wildman–Crippen LogP) is 1.56. The Kier molecular flexibility index (Phi) is 4.90. The first-order chi connectivity index (χ1) is 7.69. The molecule has 1 aromatic carbocycles. The van der Waals surface area contributed by atoms with Gasteiger partial charge in [-0.25, -0.2) is 4.39 Å². The fourth-order valence-electron chi connectivity index (χ4n) is 1.32. The number of halogens is 1. The predicted molar refractivity (Wildman–Crippen MR) is 59.1 cm³/mol. The Morgan fingerprint density at radius 2 is 2.31 bits per heavy atom. The fourth-order valence-corrected chi connectivity index (χ4v) is 1.32. The van der Waals surface area contributed by atoms with Crippen molar-refractivity contribution in [1.29, 1.82) is 5.26 Å². The number of rotatable bonds is 5. The van der Waals surface area contributed by atoms with Crippen molar-refractivity contribution in [3.8, 4) is 6.07 Å². The van der Waals surface area contributed by atoms with Crippen LogP contribution in [0.4, 0.5) is 4.39 Å². The number of nitrogens with zero attached hydrogens (tertiary/aromatic N) is 1. The first kappa shape index (κ1) is 12.6. The summed E-state index contributed by atoms with van der Waals surface area (Å²) in [5, 5.41) is 20.9. The van der Waals surface area contributed by atoms with Gasteiger partial charge >= 0.3 is 0 Å². The molecule has 0 aliphatic carbocycles. The summed E-state index contributed by atoms with van der Waals surface area (Å²) >= 11 is 0. The van der Waals surface area contributed by atoms with Crippen molar-refractivity contribution in [2.45, 2.75) is 26.0 Å². The van der Waals surface area contributed by atoms with E-state index in [0.29, 0.717) is 25.1 Å². The number of hydrogen-bond donors (Lipinski definition) is 2. The Morgan fingerprint density at radius 1 is 1.56 bits per heavy atom. The van der Waals surface area contributed by atoms with Crippen LogP contribution in [0.2, 0.25) is 0 Å². The highest BCUT2D eigenvalue weighted by Gasteiger charge is 2.07. The largest absolute Gasteiger partial charge is 0.392 e. The zero-order chi connectivity index (χ0) is 12.0. The number of hydrogen-bond acceptors (Lipinski definition) is 3. The third-order valence-electron chi connectivity index (χ3n) is 2.37. The van der Waals surface area contributed by atoms with Gasteiger partial charge in [0.1, 0.15) is 11.9 Å². The van der Waals surface area contributed by atoms with Gasteiger partial charge in [0.25, 0.3) is 0 Å². The van der Waals surface area contributed by atoms with Crippen LogP contribution in [-0.2, 0) is 6.54 Å². The smallest absolute Gasteiger partial charge is 0.145 e. The van der Waals surface area contributed by atoms with Gasteiger partial charge in [0.2, 0.25) is 0 Å². The highest BCUT2D eigenvalue weighted by molar-refractivity contribution is 5.34. The van der Waals surface area contributed by atoms with Crippen LogP contribution in [0.25, 0.3) is 0 Å². The lowest BCUT2D eigenvalue weighted by Crippen LogP contribution is -2.26. The van der Waals surface area contributed by atoms with Gasteiger partial charge in [-0.1, -0.05) is 19.1 Å². The van der Waals surface area contributed by atoms with Gasteiger partial charge in [0.15, 0.2) is 0 Å². The highest BCUT2D eigenvalue weighted by Crippen LogP contribution is 2.11. The molecule has 16 heavy (non-hydrogen) atoms. The maximum Gasteiger partial charge on any atom is 0.145 e. The van der Waals surface area contributed by atoms with E-state index < -0.39 is 11.9 Å². The van der Waals surface area contributed by atoms with E-state index in [9.17, 15) is 9.50 Å². The SMILES string of the molecule is CCC(O)CNCc1cccc(C#N)c1F. The zero-order valence-corrected chi connectivity index (χ0v) is 9.20. The van der Waals surface area contributed by atoms with E-state index in [1.807, 2.05) is 6.92 Å². The van der Waals surface area contributed by atoms with Gasteiger partial charge < -0.3 is 10.4 Å². The Labute approximate surface area is 94.5 Å². The van der Waals surface area contributed by atoms with E-state index in [0.717, 1.165) is 0 Å². The molecule has 1 atom stereocenters. The molecule has 86 valence electrons. The molecule has 0 saturated carbocycles. The van der Waals surface area contributed by atoms with Crippen molar-refractivity contribution < 1.29 is 9.50 Å². The summed E-state index contributed by atoms with van der Waals surface area (Å²) in [6.45, 7) is 2.62. The normalized spacial score (nSPS) is 12.1. The molecule has 0 bridgehead atoms. The van der Waals surface area contributed by atoms with Crippen LogP contribution in [0.15, 0.2) is 18.2 Å². The zero-order valence-electron chi connectivity index (χ0n) is 9.20. The summed E-state index contributed by atoms with van der Waals surface area (Å²) in [6, 6.07) is 6.51. The van der Waals surface area contributed by atoms with Gasteiger partial charge in [0, 0.05) is 18.7 Å². The minimum Gasteiger partial charge on any atom is -0.392 e. The Hall–Kier alpha value is -1.44. The van der Waals surface area contributed by atoms with Gasteiger partial charge in [-0.15, -0.1) is 0 Å². The van der Waals surface area contributed by atoms with Crippen molar-refractivity contribution >= 4 is 0 Å². The molecule has 4 heteroatoms. The molecule has 2 N–H and O–H groups in total. The molecule has 1 aromatic rings. The molecule has 0 aliphatic heterocycles. The number of nitrogens with one attached hydrogen (secondary N) is 1. The van der Waals surface area contributed by atoms with Crippen molar-refractivity contribution in [2.75, 3.05) is 6.54 Å². The van der Waals surface area contributed by atoms with Crippen molar-refractivity contribution in [1.82, 2.24) is 5.32 Å². The lowest BCUT2D eigenvalue weighted by atomic mass is 10.1. The highest BCUT2D eigenvalue weighted by atomic mass is 19.1. The molecular formula is C12H15FN2O. The van der Waals surface area contributed by atoms with Gasteiger partial charge in [-0.05, 0) is 12.5 Å². The molecule has 0 heterocycles. The molecule has 0 spiro atoms. The van der Waals surface area contributed by atoms with Crippen molar-refractivity contribution in [3.05, 3.63) is 35.1 Å². The fraction of sp³-hybridized carbons (Fsp3) is 0.417. The minimum absolute atomic E-state index is 0.0512. The molecule has 0 saturated heterocycles. The molecule has 0 aromatic heterocycles. The maximum absolute atomic E-state index is 13.6. The van der Waals surface area contributed by atoms with Crippen LogP contribution in [-0.4, -0.2) is 17.8 Å². The van der Waals surface area contributed by atoms with E-state index in [1.54, 1.807) is 18.2 Å². The van der Waals surface area contributed by atoms with E-state index in [-0.39, 0.29) is 5.56 Å². The molecule has 1 unspecified atom stereocenters. The lowest BCUT2D eigenvalue weighted by molar-refractivity contribution is 0.167. The summed E-state index contributed by atoms with van der Waals surface area (Å²) in [4.78, 5) is 0. The van der Waals surface area contributed by atoms with Gasteiger partial charge in [-0.3, -0.25) is 0 Å². The van der Waals surface area contributed by atoms with Crippen LogP contribution in [0, 0.1) is 17.1 Å². The number of aliphatic hydroxyl groups is 1. The summed E-state index contributed by atoms with van der Waals surface area (Å²) in [5.41, 5.74) is 0.498. The summed E-state index contributed by atoms with van der Waals surface area (Å²) in [5.74, 6) is -0.483. The van der Waals surface area contributed by atoms with E-state index >= 15 is 0 Å². The molecule has 0 aliphatic rings. The maximum atomic E-state index is 13.6. The second kappa shape index (κ2) is 6.21. The third kappa shape index (κ3) is 3.30. The molecular weight excluding hydrogens is 207 g/mol. The number of aliphatic hydroxyl groups excluding tert-OH is 1. The topological polar surface area (TPSA) is 56.0 Å². The van der Waals surface area contributed by atoms with Crippen molar-refractivity contribution in [2.24, 2.45) is 0 Å². The van der Waals surface area contributed by atoms with Gasteiger partial charge in [-0.2, -0.15) is 5.26 Å². The Balaban J connectivity index is 2.58. The molecule has 0 amide bonds. The quantitative estimate of drug-likeness (QED) is 0.794. The van der Waals surface area contributed by atoms with Crippen LogP contribution < -0.4 is 5.32 Å². The second-order valence-electron chi connectivity index (χ2n) is 3.58. The average molecular weight is 222 g/mol. The molecule has 0 radical (unpaired) electrons. The average Bonchev–Trinajstić information content (AvgIpc) is 2.31. The van der Waals surface area contributed by atoms with E-state index in [1.165, 1.54) is 6.07 Å². The summed E-state index contributed by atoms with van der Waals surface area (Å²) in [6.07, 6.45) is 0.246. The Morgan fingerprint density at radius 3 is 2.94 bits per heavy atom. The lowest BCUT2D eigenvalue weighted by Gasteiger charge is -2.10.